The van der Waals surface area contributed by atoms with Crippen molar-refractivity contribution >= 4 is 35.7 Å². The molecule has 0 spiro atoms. The molecule has 0 unspecified atom stereocenters. The molecule has 0 aromatic rings. The number of aliphatic carboxylic acids is 3. The van der Waals surface area contributed by atoms with Crippen LogP contribution in [0, 0.1) is 5.41 Å². The second-order valence-corrected chi connectivity index (χ2v) is 5.66. The molecule has 2 amide bonds. The molecular weight excluding hydrogens is 408 g/mol. The molecule has 0 radical (unpaired) electrons. The highest BCUT2D eigenvalue weighted by Crippen LogP contribution is 1.92. The number of hydrogen-bond acceptors (Lipinski definition) is 9. The summed E-state index contributed by atoms with van der Waals surface area (Å²) in [6, 6.07) is -3.15. The Labute approximate surface area is 171 Å². The van der Waals surface area contributed by atoms with Crippen LogP contribution in [0.4, 0.5) is 0 Å². The highest BCUT2D eigenvalue weighted by Gasteiger charge is 2.14. The van der Waals surface area contributed by atoms with Crippen molar-refractivity contribution in [1.29, 1.82) is 5.41 Å². The molecule has 0 bridgehead atoms. The van der Waals surface area contributed by atoms with Crippen molar-refractivity contribution in [3.05, 3.63) is 0 Å². The molecule has 16 heteroatoms. The summed E-state index contributed by atoms with van der Waals surface area (Å²) in [5.74, 6) is -4.95. The van der Waals surface area contributed by atoms with Crippen molar-refractivity contribution in [2.24, 2.45) is 34.4 Å². The van der Waals surface area contributed by atoms with E-state index in [1.807, 2.05) is 0 Å². The zero-order valence-corrected chi connectivity index (χ0v) is 16.1. The molecule has 0 rings (SSSR count). The molecule has 0 saturated heterocycles. The van der Waals surface area contributed by atoms with E-state index >= 15 is 0 Å². The molecule has 0 aliphatic rings. The Balaban J connectivity index is -0.000000371. The van der Waals surface area contributed by atoms with Gasteiger partial charge in [-0.25, -0.2) is 0 Å². The van der Waals surface area contributed by atoms with Gasteiger partial charge in [0.05, 0.1) is 12.8 Å². The van der Waals surface area contributed by atoms with Crippen LogP contribution in [0.5, 0.6) is 0 Å². The lowest BCUT2D eigenvalue weighted by atomic mass is 10.2. The van der Waals surface area contributed by atoms with E-state index in [0.717, 1.165) is 0 Å². The van der Waals surface area contributed by atoms with Gasteiger partial charge in [-0.3, -0.25) is 29.4 Å². The summed E-state index contributed by atoms with van der Waals surface area (Å²) in [5.41, 5.74) is 29.3. The summed E-state index contributed by atoms with van der Waals surface area (Å²) in [4.78, 5) is 50.0. The Hall–Kier alpha value is -3.50. The Morgan fingerprint density at radius 3 is 1.27 bits per heavy atom. The Morgan fingerprint density at radius 2 is 1.07 bits per heavy atom. The lowest BCUT2D eigenvalue weighted by molar-refractivity contribution is -0.140. The van der Waals surface area contributed by atoms with E-state index in [1.54, 1.807) is 0 Å². The predicted octanol–water partition coefficient (Wildman–Crippen LogP) is -4.79. The summed E-state index contributed by atoms with van der Waals surface area (Å²) in [7, 11) is 0. The maximum Gasteiger partial charge on any atom is 0.321 e. The first-order chi connectivity index (χ1) is 13.6. The topological polar surface area (TPSA) is 338 Å². The van der Waals surface area contributed by atoms with Gasteiger partial charge in [-0.15, -0.1) is 0 Å². The number of hydrogen-bond donors (Lipinski definition) is 11. The Kier molecular flexibility index (Phi) is 18.3. The third kappa shape index (κ3) is 24.5. The fourth-order valence-corrected chi connectivity index (χ4v) is 1.28. The molecule has 0 fully saturated rings. The van der Waals surface area contributed by atoms with Crippen molar-refractivity contribution in [2.75, 3.05) is 6.54 Å². The van der Waals surface area contributed by atoms with Crippen molar-refractivity contribution < 1.29 is 39.3 Å². The van der Waals surface area contributed by atoms with Crippen LogP contribution in [0.2, 0.25) is 0 Å². The van der Waals surface area contributed by atoms with Crippen LogP contribution < -0.4 is 39.7 Å². The van der Waals surface area contributed by atoms with Crippen LogP contribution in [0.25, 0.3) is 0 Å². The number of carbonyl (C=O) groups excluding carboxylic acids is 2. The largest absolute Gasteiger partial charge is 0.480 e. The molecule has 30 heavy (non-hydrogen) atoms. The number of nitrogens with two attached hydrogens (primary N) is 6. The van der Waals surface area contributed by atoms with E-state index in [9.17, 15) is 24.0 Å². The number of nitrogens with one attached hydrogen (secondary N) is 2. The molecule has 0 heterocycles. The van der Waals surface area contributed by atoms with Gasteiger partial charge in [-0.1, -0.05) is 0 Å². The highest BCUT2D eigenvalue weighted by atomic mass is 16.4. The minimum absolute atomic E-state index is 0.112. The van der Waals surface area contributed by atoms with E-state index in [4.69, 9.17) is 43.7 Å². The zero-order valence-electron chi connectivity index (χ0n) is 16.1. The molecule has 16 nitrogen and oxygen atoms in total. The van der Waals surface area contributed by atoms with Crippen LogP contribution in [0.15, 0.2) is 0 Å². The summed E-state index contributed by atoms with van der Waals surface area (Å²) < 4.78 is 0. The Bertz CT molecular complexity index is 568. The van der Waals surface area contributed by atoms with Crippen LogP contribution in [0.1, 0.15) is 25.7 Å². The van der Waals surface area contributed by atoms with Crippen LogP contribution in [-0.4, -0.2) is 75.7 Å². The van der Waals surface area contributed by atoms with Crippen LogP contribution >= 0.6 is 0 Å². The normalized spacial score (nSPS) is 12.4. The SMILES string of the molecule is N=C(N)NCCC[C@H](N)C(=O)O.NC(=O)C[C@H](N)C(=O)O.NC(=O)C[C@H](N)C(=O)O. The lowest BCUT2D eigenvalue weighted by Crippen LogP contribution is -2.34. The number of amides is 2. The first-order valence-corrected chi connectivity index (χ1v) is 8.21. The number of guanidine groups is 1. The number of carboxylic acid groups (broad SMARTS) is 3. The summed E-state index contributed by atoms with van der Waals surface area (Å²) in [6.07, 6.45) is 0.354. The third-order valence-corrected chi connectivity index (χ3v) is 2.80. The summed E-state index contributed by atoms with van der Waals surface area (Å²) >= 11 is 0. The first kappa shape index (κ1) is 31.2. The van der Waals surface area contributed by atoms with Gasteiger partial charge in [-0.2, -0.15) is 0 Å². The molecular formula is C14H30N8O8. The van der Waals surface area contributed by atoms with Crippen LogP contribution in [-0.2, 0) is 24.0 Å². The van der Waals surface area contributed by atoms with Gasteiger partial charge in [0.25, 0.3) is 0 Å². The average Bonchev–Trinajstić information content (AvgIpc) is 2.58. The van der Waals surface area contributed by atoms with Crippen molar-refractivity contribution in [3.63, 3.8) is 0 Å². The fraction of sp³-hybridized carbons (Fsp3) is 0.571. The van der Waals surface area contributed by atoms with E-state index in [2.05, 4.69) is 16.8 Å². The smallest absolute Gasteiger partial charge is 0.321 e. The number of rotatable bonds is 11. The molecule has 0 aromatic heterocycles. The van der Waals surface area contributed by atoms with Gasteiger partial charge >= 0.3 is 17.9 Å². The Morgan fingerprint density at radius 1 is 0.733 bits per heavy atom. The summed E-state index contributed by atoms with van der Waals surface area (Å²) in [6.45, 7) is 0.482. The number of primary amides is 2. The van der Waals surface area contributed by atoms with E-state index in [1.165, 1.54) is 0 Å². The van der Waals surface area contributed by atoms with Gasteiger partial charge in [0, 0.05) is 6.54 Å². The highest BCUT2D eigenvalue weighted by molar-refractivity contribution is 5.83. The van der Waals surface area contributed by atoms with Gasteiger partial charge in [0.1, 0.15) is 18.1 Å². The second kappa shape index (κ2) is 17.6. The summed E-state index contributed by atoms with van der Waals surface area (Å²) in [5, 5.41) is 33.9. The number of carbonyl (C=O) groups is 5. The minimum atomic E-state index is -1.21. The predicted molar refractivity (Wildman–Crippen MR) is 104 cm³/mol. The molecule has 0 aliphatic heterocycles. The fourth-order valence-electron chi connectivity index (χ4n) is 1.28. The molecule has 3 atom stereocenters. The lowest BCUT2D eigenvalue weighted by Gasteiger charge is -2.06. The van der Waals surface area contributed by atoms with Gasteiger partial charge in [0.2, 0.25) is 11.8 Å². The monoisotopic (exact) mass is 438 g/mol. The van der Waals surface area contributed by atoms with Gasteiger partial charge < -0.3 is 55.0 Å². The van der Waals surface area contributed by atoms with Crippen LogP contribution in [0.3, 0.4) is 0 Å². The molecule has 174 valence electrons. The van der Waals surface area contributed by atoms with E-state index in [0.29, 0.717) is 19.4 Å². The third-order valence-electron chi connectivity index (χ3n) is 2.80. The maximum atomic E-state index is 10.2. The quantitative estimate of drug-likeness (QED) is 0.0819. The standard InChI is InChI=1S/C6H14N4O2.2C4H8N2O3/c7-4(5(11)12)2-1-3-10-6(8)9;2*5-2(4(8)9)1-3(6)7/h4H,1-3,7H2,(H,11,12)(H4,8,9,10);2*2H,1,5H2,(H2,6,7)(H,8,9)/t4-;2*2-/m000/s1. The van der Waals surface area contributed by atoms with Gasteiger partial charge in [0.15, 0.2) is 5.96 Å². The molecule has 0 saturated carbocycles. The molecule has 0 aliphatic carbocycles. The van der Waals surface area contributed by atoms with Crippen molar-refractivity contribution in [3.8, 4) is 0 Å². The zero-order chi connectivity index (χ0) is 24.4. The molecule has 0 aromatic carbocycles. The number of carboxylic acids is 3. The van der Waals surface area contributed by atoms with Crippen molar-refractivity contribution in [2.45, 2.75) is 43.8 Å². The first-order valence-electron chi connectivity index (χ1n) is 8.21. The minimum Gasteiger partial charge on any atom is -0.480 e. The molecule has 17 N–H and O–H groups in total. The van der Waals surface area contributed by atoms with E-state index in [-0.39, 0.29) is 18.8 Å². The average molecular weight is 438 g/mol. The second-order valence-electron chi connectivity index (χ2n) is 5.66. The van der Waals surface area contributed by atoms with Gasteiger partial charge in [-0.05, 0) is 12.8 Å². The van der Waals surface area contributed by atoms with E-state index < -0.39 is 47.8 Å². The maximum absolute atomic E-state index is 10.2. The van der Waals surface area contributed by atoms with Crippen molar-refractivity contribution in [1.82, 2.24) is 5.32 Å².